The van der Waals surface area contributed by atoms with Gasteiger partial charge in [-0.25, -0.2) is 13.6 Å². The van der Waals surface area contributed by atoms with Crippen LogP contribution in [0.5, 0.6) is 0 Å². The van der Waals surface area contributed by atoms with E-state index >= 15 is 0 Å². The van der Waals surface area contributed by atoms with Gasteiger partial charge in [0.25, 0.3) is 0 Å². The second-order valence-corrected chi connectivity index (χ2v) is 7.77. The maximum Gasteiger partial charge on any atom is 0.238 e. The topological polar surface area (TPSA) is 106 Å². The van der Waals surface area contributed by atoms with Crippen molar-refractivity contribution in [2.45, 2.75) is 38.1 Å². The number of Topliss-reactive ketones (excluding diaryl/α,β-unsaturated/α-hetero) is 1. The Labute approximate surface area is 153 Å². The Balaban J connectivity index is 1.85. The lowest BCUT2D eigenvalue weighted by molar-refractivity contribution is -0.121. The third-order valence-corrected chi connectivity index (χ3v) is 4.94. The fraction of sp³-hybridized carbons (Fsp3) is 0.263. The summed E-state index contributed by atoms with van der Waals surface area (Å²) in [5, 5.41) is 7.75. The van der Waals surface area contributed by atoms with Crippen LogP contribution in [-0.2, 0) is 21.4 Å². The summed E-state index contributed by atoms with van der Waals surface area (Å²) in [6, 6.07) is 11.6. The maximum atomic E-state index is 12.3. The second kappa shape index (κ2) is 8.25. The van der Waals surface area contributed by atoms with Crippen LogP contribution in [-0.4, -0.2) is 20.1 Å². The van der Waals surface area contributed by atoms with Crippen molar-refractivity contribution in [1.29, 1.82) is 0 Å². The van der Waals surface area contributed by atoms with E-state index < -0.39 is 10.0 Å². The van der Waals surface area contributed by atoms with Gasteiger partial charge in [0.05, 0.1) is 4.90 Å². The predicted octanol–water partition coefficient (Wildman–Crippen LogP) is 2.23. The molecule has 0 radical (unpaired) electrons. The molecule has 6 nitrogen and oxygen atoms in total. The van der Waals surface area contributed by atoms with Crippen molar-refractivity contribution in [3.63, 3.8) is 0 Å². The number of hydrogen-bond donors (Lipinski definition) is 2. The van der Waals surface area contributed by atoms with Gasteiger partial charge in [0.2, 0.25) is 15.9 Å². The molecule has 0 aliphatic heterocycles. The van der Waals surface area contributed by atoms with Crippen LogP contribution in [0.15, 0.2) is 47.4 Å². The Morgan fingerprint density at radius 1 is 1.00 bits per heavy atom. The van der Waals surface area contributed by atoms with Crippen molar-refractivity contribution in [2.75, 3.05) is 0 Å². The molecule has 0 bridgehead atoms. The average molecular weight is 374 g/mol. The van der Waals surface area contributed by atoms with Gasteiger partial charge in [-0.2, -0.15) is 0 Å². The summed E-state index contributed by atoms with van der Waals surface area (Å²) in [6.45, 7) is 4.05. The molecule has 2 aromatic carbocycles. The minimum absolute atomic E-state index is 0.0201. The second-order valence-electron chi connectivity index (χ2n) is 6.21. The first-order valence-corrected chi connectivity index (χ1v) is 9.70. The van der Waals surface area contributed by atoms with E-state index in [1.165, 1.54) is 12.1 Å². The SMILES string of the molecule is Cc1ccc(C)c(C(=O)CCC(=O)NCc2ccc(S(N)(=O)=O)cc2)c1. The van der Waals surface area contributed by atoms with Crippen LogP contribution in [0, 0.1) is 13.8 Å². The van der Waals surface area contributed by atoms with Crippen molar-refractivity contribution in [3.05, 3.63) is 64.7 Å². The van der Waals surface area contributed by atoms with Gasteiger partial charge in [0, 0.05) is 24.9 Å². The first kappa shape index (κ1) is 19.8. The Morgan fingerprint density at radius 2 is 1.65 bits per heavy atom. The van der Waals surface area contributed by atoms with Gasteiger partial charge in [0.1, 0.15) is 0 Å². The number of aryl methyl sites for hydroxylation is 2. The number of primary sulfonamides is 1. The van der Waals surface area contributed by atoms with Crippen LogP contribution in [0.2, 0.25) is 0 Å². The van der Waals surface area contributed by atoms with E-state index in [1.807, 2.05) is 32.0 Å². The summed E-state index contributed by atoms with van der Waals surface area (Å²) in [5.74, 6) is -0.293. The number of rotatable bonds is 7. The summed E-state index contributed by atoms with van der Waals surface area (Å²) in [5.41, 5.74) is 3.30. The van der Waals surface area contributed by atoms with Crippen LogP contribution in [0.1, 0.15) is 39.9 Å². The summed E-state index contributed by atoms with van der Waals surface area (Å²) in [7, 11) is -3.73. The Morgan fingerprint density at radius 3 is 2.27 bits per heavy atom. The van der Waals surface area contributed by atoms with E-state index in [0.717, 1.165) is 16.7 Å². The molecule has 2 aromatic rings. The fourth-order valence-electron chi connectivity index (χ4n) is 2.48. The molecule has 0 fully saturated rings. The zero-order chi connectivity index (χ0) is 19.3. The number of nitrogens with one attached hydrogen (secondary N) is 1. The van der Waals surface area contributed by atoms with Crippen LogP contribution < -0.4 is 10.5 Å². The van der Waals surface area contributed by atoms with Gasteiger partial charge >= 0.3 is 0 Å². The lowest BCUT2D eigenvalue weighted by Gasteiger charge is -2.08. The highest BCUT2D eigenvalue weighted by Gasteiger charge is 2.12. The van der Waals surface area contributed by atoms with Crippen molar-refractivity contribution in [1.82, 2.24) is 5.32 Å². The Kier molecular flexibility index (Phi) is 6.28. The van der Waals surface area contributed by atoms with Gasteiger partial charge in [-0.05, 0) is 43.2 Å². The molecule has 2 rings (SSSR count). The van der Waals surface area contributed by atoms with Crippen molar-refractivity contribution in [3.8, 4) is 0 Å². The molecule has 138 valence electrons. The highest BCUT2D eigenvalue weighted by Crippen LogP contribution is 2.14. The molecular weight excluding hydrogens is 352 g/mol. The third-order valence-electron chi connectivity index (χ3n) is 4.01. The monoisotopic (exact) mass is 374 g/mol. The number of amides is 1. The third kappa shape index (κ3) is 5.50. The van der Waals surface area contributed by atoms with Crippen LogP contribution in [0.25, 0.3) is 0 Å². The first-order valence-electron chi connectivity index (χ1n) is 8.16. The lowest BCUT2D eigenvalue weighted by Crippen LogP contribution is -2.23. The molecule has 0 spiro atoms. The molecule has 0 atom stereocenters. The van der Waals surface area contributed by atoms with Gasteiger partial charge in [0.15, 0.2) is 5.78 Å². The lowest BCUT2D eigenvalue weighted by atomic mass is 9.99. The van der Waals surface area contributed by atoms with E-state index in [-0.39, 0.29) is 36.0 Å². The molecule has 0 aliphatic rings. The van der Waals surface area contributed by atoms with Gasteiger partial charge < -0.3 is 5.32 Å². The van der Waals surface area contributed by atoms with Crippen molar-refractivity contribution < 1.29 is 18.0 Å². The normalized spacial score (nSPS) is 11.2. The van der Waals surface area contributed by atoms with E-state index in [0.29, 0.717) is 5.56 Å². The molecule has 0 saturated heterocycles. The molecule has 0 aliphatic carbocycles. The zero-order valence-electron chi connectivity index (χ0n) is 14.8. The quantitative estimate of drug-likeness (QED) is 0.725. The molecule has 3 N–H and O–H groups in total. The molecule has 0 heterocycles. The van der Waals surface area contributed by atoms with Crippen molar-refractivity contribution >= 4 is 21.7 Å². The van der Waals surface area contributed by atoms with Crippen LogP contribution in [0.3, 0.4) is 0 Å². The summed E-state index contributed by atoms with van der Waals surface area (Å²) in [6.07, 6.45) is 0.238. The number of carbonyl (C=O) groups excluding carboxylic acids is 2. The molecule has 26 heavy (non-hydrogen) atoms. The molecular formula is C19H22N2O4S. The molecule has 7 heteroatoms. The predicted molar refractivity (Wildman–Crippen MR) is 99.1 cm³/mol. The van der Waals surface area contributed by atoms with E-state index in [1.54, 1.807) is 12.1 Å². The molecule has 1 amide bonds. The molecule has 0 saturated carbocycles. The van der Waals surface area contributed by atoms with Crippen LogP contribution in [0.4, 0.5) is 0 Å². The number of benzene rings is 2. The zero-order valence-corrected chi connectivity index (χ0v) is 15.6. The smallest absolute Gasteiger partial charge is 0.238 e. The van der Waals surface area contributed by atoms with Gasteiger partial charge in [-0.1, -0.05) is 29.8 Å². The number of sulfonamides is 1. The number of ketones is 1. The highest BCUT2D eigenvalue weighted by molar-refractivity contribution is 7.89. The number of carbonyl (C=O) groups is 2. The van der Waals surface area contributed by atoms with Gasteiger partial charge in [-0.3, -0.25) is 9.59 Å². The number of hydrogen-bond acceptors (Lipinski definition) is 4. The Bertz CT molecular complexity index is 919. The summed E-state index contributed by atoms with van der Waals surface area (Å²) < 4.78 is 22.4. The maximum absolute atomic E-state index is 12.3. The van der Waals surface area contributed by atoms with Crippen LogP contribution >= 0.6 is 0 Å². The summed E-state index contributed by atoms with van der Waals surface area (Å²) >= 11 is 0. The number of nitrogens with two attached hydrogens (primary N) is 1. The van der Waals surface area contributed by atoms with E-state index in [4.69, 9.17) is 5.14 Å². The fourth-order valence-corrected chi connectivity index (χ4v) is 3.00. The molecule has 0 aromatic heterocycles. The highest BCUT2D eigenvalue weighted by atomic mass is 32.2. The Hall–Kier alpha value is -2.51. The van der Waals surface area contributed by atoms with E-state index in [9.17, 15) is 18.0 Å². The standard InChI is InChI=1S/C19H22N2O4S/c1-13-3-4-14(2)17(11-13)18(22)9-10-19(23)21-12-15-5-7-16(8-6-15)26(20,24)25/h3-8,11H,9-10,12H2,1-2H3,(H,21,23)(H2,20,24,25). The average Bonchev–Trinajstić information content (AvgIpc) is 2.59. The minimum Gasteiger partial charge on any atom is -0.352 e. The largest absolute Gasteiger partial charge is 0.352 e. The summed E-state index contributed by atoms with van der Waals surface area (Å²) in [4.78, 5) is 24.3. The van der Waals surface area contributed by atoms with Crippen molar-refractivity contribution in [2.24, 2.45) is 5.14 Å². The minimum atomic E-state index is -3.73. The van der Waals surface area contributed by atoms with Gasteiger partial charge in [-0.15, -0.1) is 0 Å². The van der Waals surface area contributed by atoms with E-state index in [2.05, 4.69) is 5.32 Å². The first-order chi connectivity index (χ1) is 12.2. The molecule has 0 unspecified atom stereocenters.